The van der Waals surface area contributed by atoms with E-state index in [9.17, 15) is 4.79 Å². The Balaban J connectivity index is 2.12. The Bertz CT molecular complexity index is 688. The summed E-state index contributed by atoms with van der Waals surface area (Å²) in [6.45, 7) is 1.85. The number of rotatable bonds is 0. The third-order valence-electron chi connectivity index (χ3n) is 4.55. The Kier molecular flexibility index (Phi) is 2.10. The van der Waals surface area contributed by atoms with E-state index < -0.39 is 0 Å². The van der Waals surface area contributed by atoms with Crippen LogP contribution in [0.2, 0.25) is 0 Å². The molecular formula is C15H17N3O. The number of hydrogen-bond acceptors (Lipinski definition) is 2. The van der Waals surface area contributed by atoms with Gasteiger partial charge in [-0.05, 0) is 25.1 Å². The van der Waals surface area contributed by atoms with Crippen LogP contribution >= 0.6 is 0 Å². The molecule has 0 fully saturated rings. The van der Waals surface area contributed by atoms with Crippen molar-refractivity contribution in [2.45, 2.75) is 12.5 Å². The van der Waals surface area contributed by atoms with Crippen LogP contribution in [-0.4, -0.2) is 47.6 Å². The Labute approximate surface area is 112 Å². The Morgan fingerprint density at radius 1 is 1.21 bits per heavy atom. The van der Waals surface area contributed by atoms with E-state index in [1.165, 1.54) is 16.6 Å². The van der Waals surface area contributed by atoms with Gasteiger partial charge in [-0.25, -0.2) is 4.79 Å². The van der Waals surface area contributed by atoms with Gasteiger partial charge < -0.3 is 4.90 Å². The van der Waals surface area contributed by atoms with Gasteiger partial charge in [0.25, 0.3) is 0 Å². The third-order valence-corrected chi connectivity index (χ3v) is 4.55. The molecule has 0 N–H and O–H groups in total. The summed E-state index contributed by atoms with van der Waals surface area (Å²) in [4.78, 5) is 16.7. The van der Waals surface area contributed by atoms with Crippen molar-refractivity contribution in [3.8, 4) is 0 Å². The molecule has 4 nitrogen and oxygen atoms in total. The number of benzene rings is 1. The number of likely N-dealkylation sites (N-methyl/N-ethyl adjacent to an activating group) is 2. The van der Waals surface area contributed by atoms with Crippen molar-refractivity contribution in [2.75, 3.05) is 27.2 Å². The number of hydrogen-bond donors (Lipinski definition) is 0. The molecule has 1 amide bonds. The maximum atomic E-state index is 12.5. The lowest BCUT2D eigenvalue weighted by molar-refractivity contribution is 0.145. The van der Waals surface area contributed by atoms with Crippen LogP contribution in [0.5, 0.6) is 0 Å². The number of fused-ring (bicyclic) bond motifs is 3. The number of carbonyl (C=O) groups is 1. The summed E-state index contributed by atoms with van der Waals surface area (Å²) in [7, 11) is 4.04. The topological polar surface area (TPSA) is 28.5 Å². The zero-order valence-corrected chi connectivity index (χ0v) is 11.3. The largest absolute Gasteiger partial charge is 0.328 e. The molecule has 1 atom stereocenters. The lowest BCUT2D eigenvalue weighted by Crippen LogP contribution is -2.48. The first-order chi connectivity index (χ1) is 9.18. The van der Waals surface area contributed by atoms with Gasteiger partial charge in [-0.1, -0.05) is 18.2 Å². The van der Waals surface area contributed by atoms with E-state index in [-0.39, 0.29) is 6.03 Å². The molecule has 1 aromatic carbocycles. The normalized spacial score (nSPS) is 22.9. The molecule has 3 heterocycles. The van der Waals surface area contributed by atoms with Crippen LogP contribution in [0.15, 0.2) is 24.3 Å². The molecule has 1 unspecified atom stereocenters. The summed E-state index contributed by atoms with van der Waals surface area (Å²) in [5.74, 6) is 0. The van der Waals surface area contributed by atoms with Crippen molar-refractivity contribution in [1.82, 2.24) is 14.4 Å². The molecule has 0 radical (unpaired) electrons. The van der Waals surface area contributed by atoms with E-state index in [4.69, 9.17) is 0 Å². The van der Waals surface area contributed by atoms with Gasteiger partial charge >= 0.3 is 6.03 Å². The van der Waals surface area contributed by atoms with Gasteiger partial charge in [0.15, 0.2) is 0 Å². The molecule has 0 saturated heterocycles. The minimum Gasteiger partial charge on any atom is -0.325 e. The Morgan fingerprint density at radius 2 is 2.00 bits per heavy atom. The highest BCUT2D eigenvalue weighted by atomic mass is 16.2. The van der Waals surface area contributed by atoms with Crippen LogP contribution < -0.4 is 0 Å². The second-order valence-electron chi connectivity index (χ2n) is 5.63. The van der Waals surface area contributed by atoms with Crippen molar-refractivity contribution in [3.05, 3.63) is 35.5 Å². The zero-order chi connectivity index (χ0) is 13.1. The van der Waals surface area contributed by atoms with Crippen molar-refractivity contribution in [2.24, 2.45) is 0 Å². The monoisotopic (exact) mass is 255 g/mol. The fraction of sp³-hybridized carbons (Fsp3) is 0.400. The minimum absolute atomic E-state index is 0.101. The summed E-state index contributed by atoms with van der Waals surface area (Å²) < 4.78 is 1.93. The van der Waals surface area contributed by atoms with Crippen LogP contribution in [0.3, 0.4) is 0 Å². The van der Waals surface area contributed by atoms with Crippen LogP contribution in [0.4, 0.5) is 4.79 Å². The predicted molar refractivity (Wildman–Crippen MR) is 74.4 cm³/mol. The third kappa shape index (κ3) is 1.29. The van der Waals surface area contributed by atoms with E-state index >= 15 is 0 Å². The van der Waals surface area contributed by atoms with Crippen molar-refractivity contribution >= 4 is 16.9 Å². The van der Waals surface area contributed by atoms with Gasteiger partial charge in [0.05, 0.1) is 17.3 Å². The lowest BCUT2D eigenvalue weighted by atomic mass is 9.96. The zero-order valence-electron chi connectivity index (χ0n) is 11.3. The van der Waals surface area contributed by atoms with Crippen molar-refractivity contribution in [1.29, 1.82) is 0 Å². The minimum atomic E-state index is 0.101. The second-order valence-corrected chi connectivity index (χ2v) is 5.63. The van der Waals surface area contributed by atoms with Crippen molar-refractivity contribution in [3.63, 3.8) is 0 Å². The van der Waals surface area contributed by atoms with Crippen LogP contribution in [-0.2, 0) is 6.42 Å². The fourth-order valence-electron chi connectivity index (χ4n) is 3.53. The van der Waals surface area contributed by atoms with Gasteiger partial charge in [0, 0.05) is 25.5 Å². The highest BCUT2D eigenvalue weighted by Gasteiger charge is 2.38. The summed E-state index contributed by atoms with van der Waals surface area (Å²) in [5, 5.41) is 1.25. The van der Waals surface area contributed by atoms with Gasteiger partial charge in [0.1, 0.15) is 0 Å². The standard InChI is InChI=1S/C15H17N3O/c1-16-8-7-11-10-5-3-4-6-12(10)18-14(11)13(16)9-17(2)15(18)19/h3-6,13H,7-9H2,1-2H3. The van der Waals surface area contributed by atoms with Crippen LogP contribution in [0.1, 0.15) is 17.3 Å². The highest BCUT2D eigenvalue weighted by Crippen LogP contribution is 2.39. The smallest absolute Gasteiger partial charge is 0.325 e. The molecular weight excluding hydrogens is 238 g/mol. The molecule has 0 spiro atoms. The fourth-order valence-corrected chi connectivity index (χ4v) is 3.53. The maximum Gasteiger partial charge on any atom is 0.328 e. The van der Waals surface area contributed by atoms with Gasteiger partial charge in [-0.3, -0.25) is 9.47 Å². The van der Waals surface area contributed by atoms with Crippen LogP contribution in [0.25, 0.3) is 10.9 Å². The average molecular weight is 255 g/mol. The molecule has 2 aliphatic rings. The highest BCUT2D eigenvalue weighted by molar-refractivity contribution is 5.96. The lowest BCUT2D eigenvalue weighted by Gasteiger charge is -2.40. The van der Waals surface area contributed by atoms with Gasteiger partial charge in [-0.15, -0.1) is 0 Å². The first kappa shape index (κ1) is 11.1. The molecule has 2 aromatic rings. The number of carbonyl (C=O) groups excluding carboxylic acids is 1. The quantitative estimate of drug-likeness (QED) is 0.721. The SMILES string of the molecule is CN1CC2c3c(c4ccccc4n3C1=O)CCN2C. The van der Waals surface area contributed by atoms with E-state index in [0.717, 1.165) is 25.0 Å². The molecule has 98 valence electrons. The van der Waals surface area contributed by atoms with Crippen LogP contribution in [0, 0.1) is 0 Å². The molecule has 0 aliphatic carbocycles. The first-order valence-electron chi connectivity index (χ1n) is 6.76. The molecule has 2 aliphatic heterocycles. The van der Waals surface area contributed by atoms with Gasteiger partial charge in [0.2, 0.25) is 0 Å². The maximum absolute atomic E-state index is 12.5. The number of aromatic nitrogens is 1. The van der Waals surface area contributed by atoms with E-state index in [2.05, 4.69) is 30.1 Å². The Hall–Kier alpha value is -1.81. The number of nitrogens with zero attached hydrogens (tertiary/aromatic N) is 3. The molecule has 0 saturated carbocycles. The number of para-hydroxylation sites is 1. The average Bonchev–Trinajstić information content (AvgIpc) is 2.75. The summed E-state index contributed by atoms with van der Waals surface area (Å²) in [6.07, 6.45) is 1.03. The molecule has 19 heavy (non-hydrogen) atoms. The molecule has 1 aromatic heterocycles. The molecule has 4 rings (SSSR count). The number of amides is 1. The Morgan fingerprint density at radius 3 is 2.84 bits per heavy atom. The van der Waals surface area contributed by atoms with E-state index in [1.54, 1.807) is 0 Å². The summed E-state index contributed by atoms with van der Waals surface area (Å²) in [6, 6.07) is 8.71. The van der Waals surface area contributed by atoms with E-state index in [1.807, 2.05) is 22.6 Å². The van der Waals surface area contributed by atoms with Gasteiger partial charge in [-0.2, -0.15) is 0 Å². The summed E-state index contributed by atoms with van der Waals surface area (Å²) >= 11 is 0. The van der Waals surface area contributed by atoms with E-state index in [0.29, 0.717) is 6.04 Å². The van der Waals surface area contributed by atoms with Crippen molar-refractivity contribution < 1.29 is 4.79 Å². The first-order valence-corrected chi connectivity index (χ1v) is 6.76. The molecule has 4 heteroatoms. The second kappa shape index (κ2) is 3.61. The predicted octanol–water partition coefficient (Wildman–Crippen LogP) is 2.08. The summed E-state index contributed by atoms with van der Waals surface area (Å²) in [5.41, 5.74) is 3.66. The molecule has 0 bridgehead atoms.